The first-order chi connectivity index (χ1) is 15.7. The van der Waals surface area contributed by atoms with E-state index in [9.17, 15) is 4.79 Å². The van der Waals surface area contributed by atoms with Crippen LogP contribution in [-0.2, 0) is 11.3 Å². The fourth-order valence-electron chi connectivity index (χ4n) is 5.16. The Labute approximate surface area is 203 Å². The molecule has 6 heteroatoms. The highest BCUT2D eigenvalue weighted by Gasteiger charge is 2.40. The predicted octanol–water partition coefficient (Wildman–Crippen LogP) is 6.01. The summed E-state index contributed by atoms with van der Waals surface area (Å²) in [6.45, 7) is 12.9. The van der Waals surface area contributed by atoms with Gasteiger partial charge in [0.1, 0.15) is 5.60 Å². The zero-order valence-corrected chi connectivity index (χ0v) is 21.4. The highest BCUT2D eigenvalue weighted by atomic mass is 32.1. The standard InChI is InChI=1S/C27H39N3O2S/c1-26(2,3)32-25(31)28-17-13-27(4,14-18-28)29-15-10-23(11-16-29)30(24-12-19-33-21-24)20-22-8-6-5-7-9-22/h5-9,12,19,21,23H,10-11,13-18,20H2,1-4H3. The molecule has 0 atom stereocenters. The first-order valence-electron chi connectivity index (χ1n) is 12.3. The quantitative estimate of drug-likeness (QED) is 0.537. The largest absolute Gasteiger partial charge is 0.444 e. The maximum atomic E-state index is 12.5. The van der Waals surface area contributed by atoms with Gasteiger partial charge < -0.3 is 14.5 Å². The van der Waals surface area contributed by atoms with Gasteiger partial charge in [-0.15, -0.1) is 0 Å². The van der Waals surface area contributed by atoms with Gasteiger partial charge in [0.2, 0.25) is 0 Å². The van der Waals surface area contributed by atoms with Crippen molar-refractivity contribution in [2.45, 2.75) is 77.1 Å². The van der Waals surface area contributed by atoms with Gasteiger partial charge in [-0.1, -0.05) is 30.3 Å². The molecule has 1 aromatic heterocycles. The molecule has 4 rings (SSSR count). The third-order valence-electron chi connectivity index (χ3n) is 7.19. The second kappa shape index (κ2) is 10.1. The number of nitrogens with zero attached hydrogens (tertiary/aromatic N) is 3. The summed E-state index contributed by atoms with van der Waals surface area (Å²) in [6.07, 6.45) is 4.20. The van der Waals surface area contributed by atoms with Crippen LogP contribution in [0.4, 0.5) is 10.5 Å². The molecule has 0 spiro atoms. The van der Waals surface area contributed by atoms with Crippen LogP contribution in [0.15, 0.2) is 47.2 Å². The van der Waals surface area contributed by atoms with Crippen molar-refractivity contribution in [3.63, 3.8) is 0 Å². The molecule has 2 aromatic rings. The number of anilines is 1. The monoisotopic (exact) mass is 469 g/mol. The van der Waals surface area contributed by atoms with Crippen LogP contribution in [0.5, 0.6) is 0 Å². The minimum Gasteiger partial charge on any atom is -0.444 e. The Balaban J connectivity index is 1.34. The Kier molecular flexibility index (Phi) is 7.34. The molecule has 2 saturated heterocycles. The van der Waals surface area contributed by atoms with Gasteiger partial charge in [0.05, 0.1) is 0 Å². The number of ether oxygens (including phenoxy) is 1. The number of amides is 1. The lowest BCUT2D eigenvalue weighted by atomic mass is 9.85. The van der Waals surface area contributed by atoms with E-state index in [-0.39, 0.29) is 11.6 Å². The molecule has 0 aliphatic carbocycles. The van der Waals surface area contributed by atoms with Crippen LogP contribution in [0.1, 0.15) is 58.9 Å². The zero-order chi connectivity index (χ0) is 23.5. The number of carbonyl (C=O) groups excluding carboxylic acids is 1. The Morgan fingerprint density at radius 3 is 2.33 bits per heavy atom. The maximum absolute atomic E-state index is 12.5. The molecule has 180 valence electrons. The van der Waals surface area contributed by atoms with Gasteiger partial charge in [-0.2, -0.15) is 11.3 Å². The number of piperidine rings is 2. The van der Waals surface area contributed by atoms with Gasteiger partial charge in [-0.25, -0.2) is 4.79 Å². The smallest absolute Gasteiger partial charge is 0.410 e. The van der Waals surface area contributed by atoms with Crippen molar-refractivity contribution in [3.05, 3.63) is 52.7 Å². The Bertz CT molecular complexity index is 878. The van der Waals surface area contributed by atoms with Crippen molar-refractivity contribution < 1.29 is 9.53 Å². The molecule has 2 aliphatic rings. The van der Waals surface area contributed by atoms with E-state index in [1.54, 1.807) is 11.3 Å². The van der Waals surface area contributed by atoms with E-state index < -0.39 is 5.60 Å². The minimum atomic E-state index is -0.437. The Morgan fingerprint density at radius 1 is 1.09 bits per heavy atom. The van der Waals surface area contributed by atoms with Gasteiger partial charge in [0.15, 0.2) is 0 Å². The maximum Gasteiger partial charge on any atom is 0.410 e. The van der Waals surface area contributed by atoms with E-state index in [1.165, 1.54) is 24.1 Å². The van der Waals surface area contributed by atoms with Crippen molar-refractivity contribution in [2.24, 2.45) is 0 Å². The van der Waals surface area contributed by atoms with Crippen LogP contribution in [0.3, 0.4) is 0 Å². The summed E-state index contributed by atoms with van der Waals surface area (Å²) in [5.74, 6) is 0. The van der Waals surface area contributed by atoms with Crippen LogP contribution in [0.2, 0.25) is 0 Å². The first kappa shape index (κ1) is 24.1. The SMILES string of the molecule is CC(C)(C)OC(=O)N1CCC(C)(N2CCC(N(Cc3ccccc3)c3ccsc3)CC2)CC1. The van der Waals surface area contributed by atoms with Crippen LogP contribution < -0.4 is 4.90 Å². The molecule has 33 heavy (non-hydrogen) atoms. The van der Waals surface area contributed by atoms with Crippen LogP contribution in [-0.4, -0.2) is 59.3 Å². The number of carbonyl (C=O) groups is 1. The van der Waals surface area contributed by atoms with Crippen molar-refractivity contribution in [2.75, 3.05) is 31.1 Å². The van der Waals surface area contributed by atoms with E-state index in [2.05, 4.69) is 63.9 Å². The number of benzene rings is 1. The summed E-state index contributed by atoms with van der Waals surface area (Å²) in [5, 5.41) is 4.46. The van der Waals surface area contributed by atoms with E-state index >= 15 is 0 Å². The minimum absolute atomic E-state index is 0.163. The number of hydrogen-bond donors (Lipinski definition) is 0. The second-order valence-electron chi connectivity index (χ2n) is 10.8. The van der Waals surface area contributed by atoms with E-state index in [0.29, 0.717) is 6.04 Å². The van der Waals surface area contributed by atoms with Gasteiger partial charge in [-0.05, 0) is 70.4 Å². The van der Waals surface area contributed by atoms with E-state index in [0.717, 1.165) is 45.6 Å². The van der Waals surface area contributed by atoms with E-state index in [1.807, 2.05) is 25.7 Å². The first-order valence-corrected chi connectivity index (χ1v) is 13.2. The molecule has 2 aliphatic heterocycles. The molecule has 0 unspecified atom stereocenters. The lowest BCUT2D eigenvalue weighted by molar-refractivity contribution is -0.00780. The molecule has 0 saturated carbocycles. The highest BCUT2D eigenvalue weighted by Crippen LogP contribution is 2.34. The molecule has 0 N–H and O–H groups in total. The molecule has 1 aromatic carbocycles. The van der Waals surface area contributed by atoms with Crippen LogP contribution in [0.25, 0.3) is 0 Å². The second-order valence-corrected chi connectivity index (χ2v) is 11.6. The molecular weight excluding hydrogens is 430 g/mol. The Hall–Kier alpha value is -2.05. The number of likely N-dealkylation sites (tertiary alicyclic amines) is 2. The zero-order valence-electron chi connectivity index (χ0n) is 20.6. The van der Waals surface area contributed by atoms with Crippen molar-refractivity contribution in [1.29, 1.82) is 0 Å². The van der Waals surface area contributed by atoms with E-state index in [4.69, 9.17) is 4.74 Å². The predicted molar refractivity (Wildman–Crippen MR) is 137 cm³/mol. The lowest BCUT2D eigenvalue weighted by Gasteiger charge is -2.50. The van der Waals surface area contributed by atoms with Crippen molar-refractivity contribution in [1.82, 2.24) is 9.80 Å². The summed E-state index contributed by atoms with van der Waals surface area (Å²) in [5.41, 5.74) is 2.44. The number of hydrogen-bond acceptors (Lipinski definition) is 5. The molecule has 5 nitrogen and oxygen atoms in total. The molecule has 0 radical (unpaired) electrons. The van der Waals surface area contributed by atoms with Gasteiger partial charge in [-0.3, -0.25) is 4.90 Å². The fraction of sp³-hybridized carbons (Fsp3) is 0.593. The molecule has 3 heterocycles. The Morgan fingerprint density at radius 2 is 1.76 bits per heavy atom. The normalized spacial score (nSPS) is 19.9. The lowest BCUT2D eigenvalue weighted by Crippen LogP contribution is -2.58. The summed E-state index contributed by atoms with van der Waals surface area (Å²) < 4.78 is 5.58. The number of rotatable bonds is 5. The summed E-state index contributed by atoms with van der Waals surface area (Å²) in [6, 6.07) is 13.6. The van der Waals surface area contributed by atoms with Crippen LogP contribution in [0, 0.1) is 0 Å². The summed E-state index contributed by atoms with van der Waals surface area (Å²) in [7, 11) is 0. The summed E-state index contributed by atoms with van der Waals surface area (Å²) >= 11 is 1.78. The van der Waals surface area contributed by atoms with Gasteiger partial charge >= 0.3 is 6.09 Å². The molecule has 1 amide bonds. The third kappa shape index (κ3) is 6.10. The molecular formula is C27H39N3O2S. The number of thiophene rings is 1. The highest BCUT2D eigenvalue weighted by molar-refractivity contribution is 7.08. The van der Waals surface area contributed by atoms with Crippen molar-refractivity contribution in [3.8, 4) is 0 Å². The third-order valence-corrected chi connectivity index (χ3v) is 7.87. The summed E-state index contributed by atoms with van der Waals surface area (Å²) in [4.78, 5) is 19.6. The van der Waals surface area contributed by atoms with Gasteiger partial charge in [0, 0.05) is 55.4 Å². The topological polar surface area (TPSA) is 36.0 Å². The molecule has 0 bridgehead atoms. The van der Waals surface area contributed by atoms with Crippen molar-refractivity contribution >= 4 is 23.1 Å². The molecule has 2 fully saturated rings. The van der Waals surface area contributed by atoms with Crippen LogP contribution >= 0.6 is 11.3 Å². The van der Waals surface area contributed by atoms with Gasteiger partial charge in [0.25, 0.3) is 0 Å². The average molecular weight is 470 g/mol. The fourth-order valence-corrected chi connectivity index (χ4v) is 5.81. The average Bonchev–Trinajstić information content (AvgIpc) is 3.32.